The monoisotopic (exact) mass is 581 g/mol. The first-order valence-corrected chi connectivity index (χ1v) is 13.2. The molecule has 0 aliphatic heterocycles. The second-order valence-electron chi connectivity index (χ2n) is 7.51. The zero-order valence-corrected chi connectivity index (χ0v) is 28.1. The predicted molar refractivity (Wildman–Crippen MR) is 147 cm³/mol. The second-order valence-corrected chi connectivity index (χ2v) is 8.66. The molecule has 0 saturated carbocycles. The molecule has 0 heterocycles. The van der Waals surface area contributed by atoms with Crippen molar-refractivity contribution < 1.29 is 107 Å². The number of hydrogen-bond donors (Lipinski definition) is 1. The topological polar surface area (TPSA) is 160 Å². The molecule has 0 fully saturated rings. The van der Waals surface area contributed by atoms with Gasteiger partial charge in [0.1, 0.15) is 6.61 Å². The normalized spacial score (nSPS) is 9.79. The Kier molecular flexibility index (Phi) is 35.9. The Bertz CT molecular complexity index is 967. The third-order valence-electron chi connectivity index (χ3n) is 4.45. The quantitative estimate of drug-likeness (QED) is 0.0540. The van der Waals surface area contributed by atoms with Gasteiger partial charge in [-0.3, -0.25) is 4.79 Å². The van der Waals surface area contributed by atoms with Gasteiger partial charge < -0.3 is 34.5 Å². The Hall–Kier alpha value is -0.750. The molecule has 0 spiro atoms. The molecule has 0 saturated heterocycles. The summed E-state index contributed by atoms with van der Waals surface area (Å²) in [6, 6.07) is 0. The van der Waals surface area contributed by atoms with E-state index in [9.17, 15) is 23.9 Å². The largest absolute Gasteiger partial charge is 1.00 e. The van der Waals surface area contributed by atoms with Gasteiger partial charge >= 0.3 is 71.1 Å². The zero-order valence-electron chi connectivity index (χ0n) is 23.2. The van der Waals surface area contributed by atoms with Gasteiger partial charge in [0.2, 0.25) is 0 Å². The van der Waals surface area contributed by atoms with Crippen LogP contribution in [0.5, 0.6) is 0 Å². The Balaban J connectivity index is -0.000000128. The van der Waals surface area contributed by atoms with Crippen molar-refractivity contribution in [1.82, 2.24) is 6.15 Å². The van der Waals surface area contributed by atoms with Gasteiger partial charge in [0, 0.05) is 22.3 Å². The first kappa shape index (κ1) is 44.3. The van der Waals surface area contributed by atoms with E-state index in [1.165, 1.54) is 38.5 Å². The number of unbranched alkanes of at least 4 members (excludes halogenated alkanes) is 9. The van der Waals surface area contributed by atoms with Gasteiger partial charge in [-0.15, -0.1) is 0 Å². The second kappa shape index (κ2) is 30.8. The molecule has 0 rings (SSSR count). The van der Waals surface area contributed by atoms with Crippen molar-refractivity contribution in [2.45, 2.75) is 90.6 Å². The maximum absolute atomic E-state index is 12.1. The van der Waals surface area contributed by atoms with Crippen molar-refractivity contribution in [2.75, 3.05) is 13.2 Å². The first-order chi connectivity index (χ1) is 16.8. The van der Waals surface area contributed by atoms with Crippen molar-refractivity contribution in [2.24, 2.45) is 0 Å². The maximum Gasteiger partial charge on any atom is 1.00 e. The summed E-state index contributed by atoms with van der Waals surface area (Å²) in [6.45, 7) is 2.52. The van der Waals surface area contributed by atoms with Gasteiger partial charge in [-0.2, -0.15) is 0 Å². The summed E-state index contributed by atoms with van der Waals surface area (Å²) in [5.74, 6) is 17.3. The van der Waals surface area contributed by atoms with Gasteiger partial charge in [0.15, 0.2) is 6.10 Å². The van der Waals surface area contributed by atoms with Crippen LogP contribution < -0.4 is 75.1 Å². The summed E-state index contributed by atoms with van der Waals surface area (Å²) in [6.07, 6.45) is 9.91. The molecule has 12 heteroatoms. The van der Waals surface area contributed by atoms with E-state index in [4.69, 9.17) is 9.47 Å². The standard InChI is InChI=1S/C26H35O8P.H3N.2Na.7H2/c1-3-5-7-9-11-12-13-15-17-19-21-26(28)34-24(23-33-35(29,30)31)22-32-25(27)20-18-16-14-10-8-6-4-2;;;;;;;;;;/h24H,3,5,7,9,11-13,15,17,19,21-23H2,1-2H3,(H2,29,30,31);1H3;;;7*1H/q;;2*+1;;;;;;;/p-2/t24-;;;;;;;;;;/m0........../s1. The number of esters is 2. The molecule has 38 heavy (non-hydrogen) atoms. The average Bonchev–Trinajstić information content (AvgIpc) is 2.81. The minimum absolute atomic E-state index is 0. The van der Waals surface area contributed by atoms with Crippen LogP contribution >= 0.6 is 7.82 Å². The minimum Gasteiger partial charge on any atom is -0.790 e. The number of carbonyl (C=O) groups is 2. The summed E-state index contributed by atoms with van der Waals surface area (Å²) in [4.78, 5) is 45.2. The van der Waals surface area contributed by atoms with Gasteiger partial charge in [-0.05, 0) is 48.9 Å². The van der Waals surface area contributed by atoms with E-state index in [0.29, 0.717) is 6.42 Å². The number of phosphoric ester groups is 1. The SMILES string of the molecule is CC#CC#CC#CC#CC(=O)OC[C@@H](COP(=O)([O-])[O-])OC(=O)CCCCCCCCCCCC.N.[HH].[HH].[HH].[HH].[HH].[HH].[HH].[Na+].[Na+]. The van der Waals surface area contributed by atoms with Gasteiger partial charge in [0.25, 0.3) is 0 Å². The number of rotatable bonds is 17. The van der Waals surface area contributed by atoms with E-state index in [1.54, 1.807) is 6.92 Å². The van der Waals surface area contributed by atoms with Crippen LogP contribution in [0.15, 0.2) is 0 Å². The Morgan fingerprint density at radius 3 is 1.84 bits per heavy atom. The van der Waals surface area contributed by atoms with Gasteiger partial charge in [-0.1, -0.05) is 70.6 Å². The summed E-state index contributed by atoms with van der Waals surface area (Å²) in [5, 5.41) is 0. The molecule has 3 N–H and O–H groups in total. The third-order valence-corrected chi connectivity index (χ3v) is 4.92. The van der Waals surface area contributed by atoms with Crippen LogP contribution in [0.2, 0.25) is 0 Å². The number of hydrogen-bond acceptors (Lipinski definition) is 9. The number of carbonyl (C=O) groups excluding carboxylic acids is 2. The molecule has 214 valence electrons. The number of ether oxygens (including phenoxy) is 2. The van der Waals surface area contributed by atoms with Gasteiger partial charge in [-0.25, -0.2) is 4.79 Å². The van der Waals surface area contributed by atoms with Crippen molar-refractivity contribution in [3.63, 3.8) is 0 Å². The van der Waals surface area contributed by atoms with Crippen LogP contribution in [0.4, 0.5) is 0 Å². The Labute approximate surface area is 282 Å². The molecule has 9 nitrogen and oxygen atoms in total. The van der Waals surface area contributed by atoms with Crippen molar-refractivity contribution in [3.05, 3.63) is 0 Å². The number of phosphoric acid groups is 1. The molecule has 0 aromatic heterocycles. The van der Waals surface area contributed by atoms with Crippen LogP contribution in [-0.4, -0.2) is 31.3 Å². The van der Waals surface area contributed by atoms with Gasteiger partial charge in [0.05, 0.1) is 14.4 Å². The average molecular weight is 582 g/mol. The molecular formula is C26H50NNa2O8P. The van der Waals surface area contributed by atoms with E-state index in [2.05, 4.69) is 58.8 Å². The van der Waals surface area contributed by atoms with Crippen LogP contribution in [0.3, 0.4) is 0 Å². The van der Waals surface area contributed by atoms with Crippen LogP contribution in [0, 0.1) is 47.4 Å². The fraction of sp³-hybridized carbons (Fsp3) is 0.615. The molecule has 0 aliphatic rings. The molecular weight excluding hydrogens is 531 g/mol. The molecule has 0 bridgehead atoms. The third kappa shape index (κ3) is 33.3. The molecule has 0 aliphatic carbocycles. The maximum atomic E-state index is 12.1. The summed E-state index contributed by atoms with van der Waals surface area (Å²) < 4.78 is 24.9. The van der Waals surface area contributed by atoms with Crippen LogP contribution in [0.1, 0.15) is 94.5 Å². The smallest absolute Gasteiger partial charge is 0.790 e. The van der Waals surface area contributed by atoms with Crippen molar-refractivity contribution in [3.8, 4) is 47.4 Å². The van der Waals surface area contributed by atoms with E-state index >= 15 is 0 Å². The molecule has 0 amide bonds. The Morgan fingerprint density at radius 1 is 0.816 bits per heavy atom. The first-order valence-electron chi connectivity index (χ1n) is 11.7. The van der Waals surface area contributed by atoms with Crippen molar-refractivity contribution >= 4 is 19.8 Å². The summed E-state index contributed by atoms with van der Waals surface area (Å²) >= 11 is 0. The van der Waals surface area contributed by atoms with Crippen LogP contribution in [0.25, 0.3) is 0 Å². The van der Waals surface area contributed by atoms with E-state index in [0.717, 1.165) is 19.3 Å². The Morgan fingerprint density at radius 2 is 1.32 bits per heavy atom. The fourth-order valence-electron chi connectivity index (χ4n) is 2.77. The molecule has 1 atom stereocenters. The zero-order chi connectivity index (χ0) is 26.2. The molecule has 0 unspecified atom stereocenters. The predicted octanol–water partition coefficient (Wildman–Crippen LogP) is -1.48. The summed E-state index contributed by atoms with van der Waals surface area (Å²) in [7, 11) is -5.29. The van der Waals surface area contributed by atoms with Crippen molar-refractivity contribution in [1.29, 1.82) is 0 Å². The minimum atomic E-state index is -5.29. The molecule has 0 radical (unpaired) electrons. The van der Waals surface area contributed by atoms with E-state index < -0.39 is 39.1 Å². The molecule has 0 aromatic rings. The van der Waals surface area contributed by atoms with E-state index in [-0.39, 0.29) is 81.7 Å². The van der Waals surface area contributed by atoms with E-state index in [1.807, 2.05) is 0 Å². The van der Waals surface area contributed by atoms with Crippen LogP contribution in [-0.2, 0) is 28.2 Å². The molecule has 0 aromatic carbocycles. The fourth-order valence-corrected chi connectivity index (χ4v) is 3.12. The summed E-state index contributed by atoms with van der Waals surface area (Å²) in [5.41, 5.74) is 0.